The van der Waals surface area contributed by atoms with Gasteiger partial charge in [-0.1, -0.05) is 42.5 Å². The number of hydrogen-bond acceptors (Lipinski definition) is 5. The van der Waals surface area contributed by atoms with Crippen molar-refractivity contribution in [3.05, 3.63) is 71.3 Å². The van der Waals surface area contributed by atoms with E-state index in [9.17, 15) is 4.79 Å². The number of carbonyl (C=O) groups excluding carboxylic acids is 1. The Hall–Kier alpha value is -3.57. The van der Waals surface area contributed by atoms with Gasteiger partial charge in [-0.3, -0.25) is 0 Å². The Bertz CT molecular complexity index is 796. The van der Waals surface area contributed by atoms with E-state index in [-0.39, 0.29) is 5.57 Å². The molecule has 5 nitrogen and oxygen atoms in total. The molecule has 0 N–H and O–H groups in total. The average Bonchev–Trinajstić information content (AvgIpc) is 2.65. The monoisotopic (exact) mass is 318 g/mol. The maximum Gasteiger partial charge on any atom is 0.351 e. The van der Waals surface area contributed by atoms with Crippen LogP contribution < -0.4 is 4.74 Å². The van der Waals surface area contributed by atoms with Crippen molar-refractivity contribution in [2.24, 2.45) is 0 Å². The van der Waals surface area contributed by atoms with Crippen LogP contribution in [0.5, 0.6) is 5.75 Å². The van der Waals surface area contributed by atoms with Gasteiger partial charge in [0, 0.05) is 5.56 Å². The summed E-state index contributed by atoms with van der Waals surface area (Å²) in [6.45, 7) is 0. The second kappa shape index (κ2) is 8.17. The number of nitrogens with zero attached hydrogens (tertiary/aromatic N) is 2. The lowest BCUT2D eigenvalue weighted by molar-refractivity contribution is -0.149. The molecule has 0 aliphatic rings. The fraction of sp³-hybridized carbons (Fsp3) is 0.105. The number of hydrogen-bond donors (Lipinski definition) is 0. The van der Waals surface area contributed by atoms with Gasteiger partial charge in [0.2, 0.25) is 6.10 Å². The largest absolute Gasteiger partial charge is 0.474 e. The highest BCUT2D eigenvalue weighted by molar-refractivity contribution is 5.76. The standard InChI is InChI=1S/C19H14N2O3/c1-23-19(22)18(16-5-3-2-4-6-16)24-17-9-7-14(8-10-17)11-15(12-20)13-21/h2-11,18H,1H3. The Labute approximate surface area is 140 Å². The highest BCUT2D eigenvalue weighted by Crippen LogP contribution is 2.24. The van der Waals surface area contributed by atoms with E-state index in [1.165, 1.54) is 13.2 Å². The van der Waals surface area contributed by atoms with Gasteiger partial charge in [0.05, 0.1) is 7.11 Å². The summed E-state index contributed by atoms with van der Waals surface area (Å²) < 4.78 is 10.5. The summed E-state index contributed by atoms with van der Waals surface area (Å²) in [6, 6.07) is 19.4. The van der Waals surface area contributed by atoms with Crippen molar-refractivity contribution in [1.82, 2.24) is 0 Å². The fourth-order valence-corrected chi connectivity index (χ4v) is 2.02. The Balaban J connectivity index is 2.22. The predicted molar refractivity (Wildman–Crippen MR) is 87.5 cm³/mol. The molecule has 118 valence electrons. The van der Waals surface area contributed by atoms with Crippen molar-refractivity contribution in [3.63, 3.8) is 0 Å². The highest BCUT2D eigenvalue weighted by Gasteiger charge is 2.23. The van der Waals surface area contributed by atoms with E-state index >= 15 is 0 Å². The van der Waals surface area contributed by atoms with Crippen molar-refractivity contribution in [3.8, 4) is 17.9 Å². The van der Waals surface area contributed by atoms with Crippen LogP contribution >= 0.6 is 0 Å². The lowest BCUT2D eigenvalue weighted by atomic mass is 10.1. The number of allylic oxidation sites excluding steroid dienone is 1. The van der Waals surface area contributed by atoms with E-state index in [1.54, 1.807) is 48.5 Å². The van der Waals surface area contributed by atoms with Crippen LogP contribution in [0.1, 0.15) is 17.2 Å². The topological polar surface area (TPSA) is 83.1 Å². The third-order valence-corrected chi connectivity index (χ3v) is 3.20. The summed E-state index contributed by atoms with van der Waals surface area (Å²) in [5, 5.41) is 17.5. The molecule has 24 heavy (non-hydrogen) atoms. The molecule has 2 rings (SSSR count). The molecular weight excluding hydrogens is 304 g/mol. The SMILES string of the molecule is COC(=O)C(Oc1ccc(C=C(C#N)C#N)cc1)c1ccccc1. The molecule has 1 unspecified atom stereocenters. The quantitative estimate of drug-likeness (QED) is 0.623. The van der Waals surface area contributed by atoms with E-state index in [1.807, 2.05) is 18.2 Å². The highest BCUT2D eigenvalue weighted by atomic mass is 16.6. The molecule has 2 aromatic carbocycles. The summed E-state index contributed by atoms with van der Waals surface area (Å²) >= 11 is 0. The smallest absolute Gasteiger partial charge is 0.351 e. The van der Waals surface area contributed by atoms with E-state index in [0.717, 1.165) is 0 Å². The fourth-order valence-electron chi connectivity index (χ4n) is 2.02. The number of ether oxygens (including phenoxy) is 2. The van der Waals surface area contributed by atoms with Gasteiger partial charge in [-0.2, -0.15) is 10.5 Å². The lowest BCUT2D eigenvalue weighted by Crippen LogP contribution is -2.20. The molecule has 0 bridgehead atoms. The molecule has 0 heterocycles. The first-order chi connectivity index (χ1) is 11.7. The van der Waals surface area contributed by atoms with Crippen molar-refractivity contribution in [1.29, 1.82) is 10.5 Å². The van der Waals surface area contributed by atoms with Crippen LogP contribution in [-0.4, -0.2) is 13.1 Å². The molecule has 2 aromatic rings. The third-order valence-electron chi connectivity index (χ3n) is 3.20. The molecular formula is C19H14N2O3. The van der Waals surface area contributed by atoms with Gasteiger partial charge in [-0.15, -0.1) is 0 Å². The minimum Gasteiger partial charge on any atom is -0.474 e. The van der Waals surface area contributed by atoms with Gasteiger partial charge in [-0.05, 0) is 23.8 Å². The van der Waals surface area contributed by atoms with Gasteiger partial charge in [-0.25, -0.2) is 4.79 Å². The Morgan fingerprint density at radius 2 is 1.67 bits per heavy atom. The molecule has 0 aliphatic carbocycles. The molecule has 1 atom stereocenters. The van der Waals surface area contributed by atoms with Gasteiger partial charge >= 0.3 is 5.97 Å². The minimum atomic E-state index is -0.869. The van der Waals surface area contributed by atoms with Crippen molar-refractivity contribution < 1.29 is 14.3 Å². The Morgan fingerprint density at radius 3 is 2.21 bits per heavy atom. The summed E-state index contributed by atoms with van der Waals surface area (Å²) in [5.41, 5.74) is 1.39. The molecule has 0 saturated carbocycles. The molecule has 0 amide bonds. The van der Waals surface area contributed by atoms with Gasteiger partial charge in [0.15, 0.2) is 0 Å². The van der Waals surface area contributed by atoms with E-state index < -0.39 is 12.1 Å². The van der Waals surface area contributed by atoms with Crippen molar-refractivity contribution in [2.45, 2.75) is 6.10 Å². The molecule has 0 fully saturated rings. The van der Waals surface area contributed by atoms with Gasteiger partial charge in [0.25, 0.3) is 0 Å². The average molecular weight is 318 g/mol. The van der Waals surface area contributed by atoms with Crippen LogP contribution in [0.3, 0.4) is 0 Å². The molecule has 0 radical (unpaired) electrons. The zero-order chi connectivity index (χ0) is 17.4. The van der Waals surface area contributed by atoms with Crippen molar-refractivity contribution in [2.75, 3.05) is 7.11 Å². The number of rotatable bonds is 5. The summed E-state index contributed by atoms with van der Waals surface area (Å²) in [4.78, 5) is 12.0. The van der Waals surface area contributed by atoms with Crippen LogP contribution in [0.2, 0.25) is 0 Å². The normalized spacial score (nSPS) is 10.6. The number of esters is 1. The number of nitriles is 2. The molecule has 0 aliphatic heterocycles. The Morgan fingerprint density at radius 1 is 1.04 bits per heavy atom. The summed E-state index contributed by atoms with van der Waals surface area (Å²) in [7, 11) is 1.31. The maximum absolute atomic E-state index is 12.0. The minimum absolute atomic E-state index is 0.0143. The van der Waals surface area contributed by atoms with Gasteiger partial charge < -0.3 is 9.47 Å². The second-order valence-corrected chi connectivity index (χ2v) is 4.78. The first-order valence-corrected chi connectivity index (χ1v) is 7.09. The van der Waals surface area contributed by atoms with Crippen molar-refractivity contribution >= 4 is 12.0 Å². The summed E-state index contributed by atoms with van der Waals surface area (Å²) in [6.07, 6.45) is 0.602. The molecule has 0 aromatic heterocycles. The predicted octanol–water partition coefficient (Wildman–Crippen LogP) is 3.41. The molecule has 0 spiro atoms. The van der Waals surface area contributed by atoms with Crippen LogP contribution in [0.25, 0.3) is 6.08 Å². The first kappa shape index (κ1) is 16.8. The molecule has 5 heteroatoms. The third kappa shape index (κ3) is 4.22. The number of benzene rings is 2. The Kier molecular flexibility index (Phi) is 5.71. The second-order valence-electron chi connectivity index (χ2n) is 4.78. The number of methoxy groups -OCH3 is 1. The van der Waals surface area contributed by atoms with E-state index in [0.29, 0.717) is 16.9 Å². The summed E-state index contributed by atoms with van der Waals surface area (Å²) in [5.74, 6) is -0.0247. The van der Waals surface area contributed by atoms with Crippen LogP contribution in [0.4, 0.5) is 0 Å². The molecule has 0 saturated heterocycles. The number of carbonyl (C=O) groups is 1. The zero-order valence-corrected chi connectivity index (χ0v) is 13.0. The first-order valence-electron chi connectivity index (χ1n) is 7.09. The van der Waals surface area contributed by atoms with Crippen LogP contribution in [-0.2, 0) is 9.53 Å². The van der Waals surface area contributed by atoms with E-state index in [2.05, 4.69) is 0 Å². The van der Waals surface area contributed by atoms with Crippen LogP contribution in [0.15, 0.2) is 60.2 Å². The van der Waals surface area contributed by atoms with Crippen LogP contribution in [0, 0.1) is 22.7 Å². The zero-order valence-electron chi connectivity index (χ0n) is 13.0. The van der Waals surface area contributed by atoms with Gasteiger partial charge in [0.1, 0.15) is 23.5 Å². The lowest BCUT2D eigenvalue weighted by Gasteiger charge is -2.17. The maximum atomic E-state index is 12.0. The van der Waals surface area contributed by atoms with E-state index in [4.69, 9.17) is 20.0 Å².